The van der Waals surface area contributed by atoms with Crippen LogP contribution in [0.2, 0.25) is 0 Å². The normalized spacial score (nSPS) is 14.4. The minimum Gasteiger partial charge on any atom is -0.481 e. The van der Waals surface area contributed by atoms with Gasteiger partial charge in [0, 0.05) is 32.7 Å². The Balaban J connectivity index is 4.35. The third-order valence-electron chi connectivity index (χ3n) is 2.78. The second kappa shape index (κ2) is 8.08. The van der Waals surface area contributed by atoms with Crippen molar-refractivity contribution in [1.82, 2.24) is 4.90 Å². The van der Waals surface area contributed by atoms with Crippen LogP contribution in [0.5, 0.6) is 0 Å². The Bertz CT molecular complexity index is 250. The van der Waals surface area contributed by atoms with E-state index in [0.29, 0.717) is 26.1 Å². The average molecular weight is 228 g/mol. The van der Waals surface area contributed by atoms with Crippen LogP contribution in [0.15, 0.2) is 0 Å². The molecule has 0 bridgehead atoms. The highest BCUT2D eigenvalue weighted by Gasteiger charge is 2.24. The van der Waals surface area contributed by atoms with Crippen molar-refractivity contribution in [1.29, 1.82) is 5.26 Å². The van der Waals surface area contributed by atoms with Gasteiger partial charge in [-0.05, 0) is 6.92 Å². The molecule has 0 spiro atoms. The number of carbonyl (C=O) groups is 1. The van der Waals surface area contributed by atoms with Crippen LogP contribution in [-0.4, -0.2) is 48.8 Å². The van der Waals surface area contributed by atoms with Gasteiger partial charge in [0.15, 0.2) is 0 Å². The standard InChI is InChI=1S/C11H20N2O3/c1-9(11(14)15)10(2)13(6-4-5-12)7-8-16-3/h9-10H,4,6-8H2,1-3H3,(H,14,15). The summed E-state index contributed by atoms with van der Waals surface area (Å²) in [4.78, 5) is 12.8. The summed E-state index contributed by atoms with van der Waals surface area (Å²) in [6.45, 7) is 5.32. The van der Waals surface area contributed by atoms with Gasteiger partial charge in [-0.3, -0.25) is 9.69 Å². The second-order valence-electron chi connectivity index (χ2n) is 3.80. The number of rotatable bonds is 8. The first-order valence-electron chi connectivity index (χ1n) is 5.37. The van der Waals surface area contributed by atoms with E-state index in [1.807, 2.05) is 11.8 Å². The quantitative estimate of drug-likeness (QED) is 0.669. The van der Waals surface area contributed by atoms with E-state index in [4.69, 9.17) is 15.1 Å². The Hall–Kier alpha value is -1.12. The number of methoxy groups -OCH3 is 1. The lowest BCUT2D eigenvalue weighted by Crippen LogP contribution is -2.42. The van der Waals surface area contributed by atoms with Gasteiger partial charge in [0.25, 0.3) is 0 Å². The van der Waals surface area contributed by atoms with Gasteiger partial charge in [0.1, 0.15) is 0 Å². The molecule has 1 N–H and O–H groups in total. The first-order valence-corrected chi connectivity index (χ1v) is 5.37. The molecule has 0 fully saturated rings. The van der Waals surface area contributed by atoms with Crippen LogP contribution >= 0.6 is 0 Å². The molecule has 92 valence electrons. The Kier molecular flexibility index (Phi) is 7.52. The highest BCUT2D eigenvalue weighted by molar-refractivity contribution is 5.70. The number of hydrogen-bond donors (Lipinski definition) is 1. The monoisotopic (exact) mass is 228 g/mol. The third kappa shape index (κ3) is 5.10. The summed E-state index contributed by atoms with van der Waals surface area (Å²) in [6, 6.07) is 1.97. The fourth-order valence-electron chi connectivity index (χ4n) is 1.44. The molecule has 16 heavy (non-hydrogen) atoms. The van der Waals surface area contributed by atoms with Crippen molar-refractivity contribution in [2.75, 3.05) is 26.8 Å². The molecule has 2 atom stereocenters. The van der Waals surface area contributed by atoms with E-state index >= 15 is 0 Å². The van der Waals surface area contributed by atoms with Crippen LogP contribution in [0.1, 0.15) is 20.3 Å². The van der Waals surface area contributed by atoms with E-state index in [-0.39, 0.29) is 6.04 Å². The zero-order chi connectivity index (χ0) is 12.6. The van der Waals surface area contributed by atoms with Crippen LogP contribution in [0.25, 0.3) is 0 Å². The Morgan fingerprint density at radius 1 is 1.50 bits per heavy atom. The van der Waals surface area contributed by atoms with Gasteiger partial charge in [-0.15, -0.1) is 0 Å². The molecule has 0 aliphatic rings. The van der Waals surface area contributed by atoms with E-state index in [1.54, 1.807) is 14.0 Å². The van der Waals surface area contributed by atoms with E-state index in [1.165, 1.54) is 0 Å². The van der Waals surface area contributed by atoms with Crippen molar-refractivity contribution in [3.05, 3.63) is 0 Å². The predicted octanol–water partition coefficient (Wildman–Crippen LogP) is 0.958. The Labute approximate surface area is 96.6 Å². The molecule has 0 aliphatic heterocycles. The number of carboxylic acids is 1. The number of nitrogens with zero attached hydrogens (tertiary/aromatic N) is 2. The average Bonchev–Trinajstić information content (AvgIpc) is 2.27. The minimum atomic E-state index is -0.813. The van der Waals surface area contributed by atoms with Gasteiger partial charge >= 0.3 is 5.97 Å². The molecule has 0 radical (unpaired) electrons. The molecule has 0 aromatic carbocycles. The third-order valence-corrected chi connectivity index (χ3v) is 2.78. The van der Waals surface area contributed by atoms with Gasteiger partial charge < -0.3 is 9.84 Å². The molecule has 5 nitrogen and oxygen atoms in total. The highest BCUT2D eigenvalue weighted by atomic mass is 16.5. The highest BCUT2D eigenvalue weighted by Crippen LogP contribution is 2.11. The lowest BCUT2D eigenvalue weighted by atomic mass is 10.0. The SMILES string of the molecule is COCCN(CCC#N)C(C)C(C)C(=O)O. The fourth-order valence-corrected chi connectivity index (χ4v) is 1.44. The molecular formula is C11H20N2O3. The molecular weight excluding hydrogens is 208 g/mol. The second-order valence-corrected chi connectivity index (χ2v) is 3.80. The summed E-state index contributed by atoms with van der Waals surface area (Å²) in [7, 11) is 1.60. The summed E-state index contributed by atoms with van der Waals surface area (Å²) in [5.74, 6) is -1.26. The van der Waals surface area contributed by atoms with Crippen molar-refractivity contribution in [2.45, 2.75) is 26.3 Å². The summed E-state index contributed by atoms with van der Waals surface area (Å²) < 4.78 is 4.97. The van der Waals surface area contributed by atoms with E-state index in [2.05, 4.69) is 6.07 Å². The molecule has 0 saturated heterocycles. The number of aliphatic carboxylic acids is 1. The smallest absolute Gasteiger partial charge is 0.307 e. The summed E-state index contributed by atoms with van der Waals surface area (Å²) in [6.07, 6.45) is 0.403. The minimum absolute atomic E-state index is 0.0963. The zero-order valence-electron chi connectivity index (χ0n) is 10.1. The van der Waals surface area contributed by atoms with Gasteiger partial charge in [-0.25, -0.2) is 0 Å². The zero-order valence-corrected chi connectivity index (χ0v) is 10.1. The molecule has 0 aliphatic carbocycles. The Morgan fingerprint density at radius 2 is 2.12 bits per heavy atom. The van der Waals surface area contributed by atoms with Gasteiger partial charge in [-0.1, -0.05) is 6.92 Å². The molecule has 0 heterocycles. The largest absolute Gasteiger partial charge is 0.481 e. The Morgan fingerprint density at radius 3 is 2.56 bits per heavy atom. The van der Waals surface area contributed by atoms with E-state index in [0.717, 1.165) is 0 Å². The maximum Gasteiger partial charge on any atom is 0.307 e. The molecule has 0 amide bonds. The fraction of sp³-hybridized carbons (Fsp3) is 0.818. The number of nitriles is 1. The van der Waals surface area contributed by atoms with E-state index < -0.39 is 11.9 Å². The lowest BCUT2D eigenvalue weighted by Gasteiger charge is -2.30. The lowest BCUT2D eigenvalue weighted by molar-refractivity contribution is -0.143. The summed E-state index contributed by atoms with van der Waals surface area (Å²) >= 11 is 0. The van der Waals surface area contributed by atoms with Gasteiger partial charge in [-0.2, -0.15) is 5.26 Å². The van der Waals surface area contributed by atoms with Gasteiger partial charge in [0.2, 0.25) is 0 Å². The first kappa shape index (κ1) is 14.9. The van der Waals surface area contributed by atoms with Crippen LogP contribution in [0.3, 0.4) is 0 Å². The summed E-state index contributed by atoms with van der Waals surface area (Å²) in [5, 5.41) is 17.5. The maximum absolute atomic E-state index is 10.9. The van der Waals surface area contributed by atoms with Crippen LogP contribution in [-0.2, 0) is 9.53 Å². The molecule has 0 rings (SSSR count). The molecule has 2 unspecified atom stereocenters. The van der Waals surface area contributed by atoms with Crippen LogP contribution in [0.4, 0.5) is 0 Å². The van der Waals surface area contributed by atoms with Crippen LogP contribution < -0.4 is 0 Å². The topological polar surface area (TPSA) is 73.6 Å². The maximum atomic E-state index is 10.9. The molecule has 0 aromatic rings. The van der Waals surface area contributed by atoms with E-state index in [9.17, 15) is 4.79 Å². The number of carboxylic acid groups (broad SMARTS) is 1. The number of hydrogen-bond acceptors (Lipinski definition) is 4. The number of ether oxygens (including phenoxy) is 1. The predicted molar refractivity (Wildman–Crippen MR) is 59.9 cm³/mol. The van der Waals surface area contributed by atoms with Gasteiger partial charge in [0.05, 0.1) is 18.6 Å². The van der Waals surface area contributed by atoms with Crippen molar-refractivity contribution < 1.29 is 14.6 Å². The van der Waals surface area contributed by atoms with Crippen molar-refractivity contribution in [3.63, 3.8) is 0 Å². The van der Waals surface area contributed by atoms with Crippen LogP contribution in [0, 0.1) is 17.2 Å². The molecule has 0 saturated carbocycles. The molecule has 0 aromatic heterocycles. The summed E-state index contributed by atoms with van der Waals surface area (Å²) in [5.41, 5.74) is 0. The van der Waals surface area contributed by atoms with Crippen molar-refractivity contribution in [3.8, 4) is 6.07 Å². The van der Waals surface area contributed by atoms with Crippen molar-refractivity contribution >= 4 is 5.97 Å². The van der Waals surface area contributed by atoms with Crippen molar-refractivity contribution in [2.24, 2.45) is 5.92 Å². The first-order chi connectivity index (χ1) is 7.54. The molecule has 5 heteroatoms.